The van der Waals surface area contributed by atoms with Crippen molar-refractivity contribution in [2.75, 3.05) is 0 Å². The highest BCUT2D eigenvalue weighted by molar-refractivity contribution is 5.34. The molecule has 2 aromatic rings. The van der Waals surface area contributed by atoms with Crippen LogP contribution in [0.1, 0.15) is 34.8 Å². The van der Waals surface area contributed by atoms with Crippen LogP contribution in [0.2, 0.25) is 0 Å². The molecule has 18 heavy (non-hydrogen) atoms. The van der Waals surface area contributed by atoms with Crippen molar-refractivity contribution in [3.63, 3.8) is 0 Å². The van der Waals surface area contributed by atoms with Crippen LogP contribution in [0.3, 0.4) is 0 Å². The predicted octanol–water partition coefficient (Wildman–Crippen LogP) is 4.01. The van der Waals surface area contributed by atoms with E-state index in [9.17, 15) is 13.9 Å². The fourth-order valence-electron chi connectivity index (χ4n) is 1.81. The summed E-state index contributed by atoms with van der Waals surface area (Å²) in [5.74, 6) is 0. The molecular formula is C15H14F2O. The molecule has 1 unspecified atom stereocenters. The molecule has 2 rings (SSSR count). The van der Waals surface area contributed by atoms with Gasteiger partial charge in [0.2, 0.25) is 0 Å². The van der Waals surface area contributed by atoms with Gasteiger partial charge in [-0.3, -0.25) is 0 Å². The van der Waals surface area contributed by atoms with Crippen molar-refractivity contribution < 1.29 is 13.9 Å². The van der Waals surface area contributed by atoms with Crippen LogP contribution in [0.25, 0.3) is 0 Å². The molecule has 1 nitrogen and oxygen atoms in total. The van der Waals surface area contributed by atoms with E-state index in [-0.39, 0.29) is 5.56 Å². The summed E-state index contributed by atoms with van der Waals surface area (Å²) in [6.07, 6.45) is -3.39. The summed E-state index contributed by atoms with van der Waals surface area (Å²) in [7, 11) is 0. The SMILES string of the molecule is Cc1ccc(C(O)c2cccc(C(F)F)c2)cc1. The van der Waals surface area contributed by atoms with Crippen LogP contribution in [0.4, 0.5) is 8.78 Å². The number of halogens is 2. The molecule has 0 aliphatic heterocycles. The zero-order valence-electron chi connectivity index (χ0n) is 9.98. The van der Waals surface area contributed by atoms with Gasteiger partial charge in [-0.05, 0) is 24.1 Å². The minimum atomic E-state index is -2.52. The molecule has 0 aliphatic rings. The van der Waals surface area contributed by atoms with Crippen molar-refractivity contribution in [1.29, 1.82) is 0 Å². The molecule has 0 spiro atoms. The molecule has 0 saturated heterocycles. The highest BCUT2D eigenvalue weighted by Crippen LogP contribution is 2.26. The molecule has 94 valence electrons. The van der Waals surface area contributed by atoms with E-state index in [1.165, 1.54) is 18.2 Å². The summed E-state index contributed by atoms with van der Waals surface area (Å²) < 4.78 is 25.2. The minimum absolute atomic E-state index is 0.0707. The van der Waals surface area contributed by atoms with E-state index in [0.29, 0.717) is 11.1 Å². The fourth-order valence-corrected chi connectivity index (χ4v) is 1.81. The maximum absolute atomic E-state index is 12.6. The van der Waals surface area contributed by atoms with Gasteiger partial charge >= 0.3 is 0 Å². The zero-order chi connectivity index (χ0) is 13.1. The molecule has 0 aromatic heterocycles. The van der Waals surface area contributed by atoms with E-state index < -0.39 is 12.5 Å². The molecule has 1 atom stereocenters. The lowest BCUT2D eigenvalue weighted by molar-refractivity contribution is 0.150. The summed E-state index contributed by atoms with van der Waals surface area (Å²) in [4.78, 5) is 0. The third-order valence-corrected chi connectivity index (χ3v) is 2.87. The first-order chi connectivity index (χ1) is 8.58. The number of aliphatic hydroxyl groups excluding tert-OH is 1. The minimum Gasteiger partial charge on any atom is -0.384 e. The van der Waals surface area contributed by atoms with Crippen molar-refractivity contribution in [1.82, 2.24) is 0 Å². The number of hydrogen-bond acceptors (Lipinski definition) is 1. The standard InChI is InChI=1S/C15H14F2O/c1-10-5-7-11(8-6-10)14(18)12-3-2-4-13(9-12)15(16)17/h2-9,14-15,18H,1H3. The van der Waals surface area contributed by atoms with Crippen LogP contribution in [0.5, 0.6) is 0 Å². The molecule has 3 heteroatoms. The third kappa shape index (κ3) is 2.74. The Hall–Kier alpha value is -1.74. The fraction of sp³-hybridized carbons (Fsp3) is 0.200. The monoisotopic (exact) mass is 248 g/mol. The van der Waals surface area contributed by atoms with Crippen LogP contribution in [-0.2, 0) is 0 Å². The smallest absolute Gasteiger partial charge is 0.263 e. The van der Waals surface area contributed by atoms with Crippen LogP contribution in [0, 0.1) is 6.92 Å². The lowest BCUT2D eigenvalue weighted by Gasteiger charge is -2.13. The van der Waals surface area contributed by atoms with E-state index in [1.807, 2.05) is 19.1 Å². The van der Waals surface area contributed by atoms with E-state index in [1.54, 1.807) is 18.2 Å². The maximum Gasteiger partial charge on any atom is 0.263 e. The highest BCUT2D eigenvalue weighted by atomic mass is 19.3. The van der Waals surface area contributed by atoms with Crippen LogP contribution in [-0.4, -0.2) is 5.11 Å². The Morgan fingerprint density at radius 3 is 2.11 bits per heavy atom. The lowest BCUT2D eigenvalue weighted by Crippen LogP contribution is -2.00. The topological polar surface area (TPSA) is 20.2 Å². The first-order valence-corrected chi connectivity index (χ1v) is 5.70. The summed E-state index contributed by atoms with van der Waals surface area (Å²) >= 11 is 0. The number of rotatable bonds is 3. The largest absolute Gasteiger partial charge is 0.384 e. The van der Waals surface area contributed by atoms with Gasteiger partial charge in [-0.2, -0.15) is 0 Å². The Bertz CT molecular complexity index is 520. The van der Waals surface area contributed by atoms with Gasteiger partial charge in [0, 0.05) is 5.56 Å². The number of aliphatic hydroxyl groups is 1. The van der Waals surface area contributed by atoms with E-state index in [4.69, 9.17) is 0 Å². The second kappa shape index (κ2) is 5.27. The van der Waals surface area contributed by atoms with Crippen molar-refractivity contribution >= 4 is 0 Å². The quantitative estimate of drug-likeness (QED) is 0.870. The number of benzene rings is 2. The van der Waals surface area contributed by atoms with Gasteiger partial charge < -0.3 is 5.11 Å². The van der Waals surface area contributed by atoms with Gasteiger partial charge in [0.1, 0.15) is 6.10 Å². The summed E-state index contributed by atoms with van der Waals surface area (Å²) in [6.45, 7) is 1.95. The van der Waals surface area contributed by atoms with Gasteiger partial charge in [0.25, 0.3) is 6.43 Å². The molecule has 0 radical (unpaired) electrons. The third-order valence-electron chi connectivity index (χ3n) is 2.87. The van der Waals surface area contributed by atoms with E-state index >= 15 is 0 Å². The summed E-state index contributed by atoms with van der Waals surface area (Å²) in [6, 6.07) is 13.3. The van der Waals surface area contributed by atoms with Crippen LogP contribution >= 0.6 is 0 Å². The Labute approximate surface area is 105 Å². The Balaban J connectivity index is 2.30. The van der Waals surface area contributed by atoms with Crippen LogP contribution in [0.15, 0.2) is 48.5 Å². The van der Waals surface area contributed by atoms with Crippen LogP contribution < -0.4 is 0 Å². The average Bonchev–Trinajstić information content (AvgIpc) is 2.39. The van der Waals surface area contributed by atoms with Crippen molar-refractivity contribution in [2.45, 2.75) is 19.5 Å². The molecule has 0 aliphatic carbocycles. The Morgan fingerprint density at radius 2 is 1.50 bits per heavy atom. The molecule has 0 saturated carbocycles. The van der Waals surface area contributed by atoms with Gasteiger partial charge in [-0.15, -0.1) is 0 Å². The maximum atomic E-state index is 12.6. The first kappa shape index (κ1) is 12.7. The molecular weight excluding hydrogens is 234 g/mol. The second-order valence-corrected chi connectivity index (χ2v) is 4.28. The number of aryl methyl sites for hydroxylation is 1. The van der Waals surface area contributed by atoms with Gasteiger partial charge in [-0.1, -0.05) is 48.0 Å². The normalized spacial score (nSPS) is 12.7. The summed E-state index contributed by atoms with van der Waals surface area (Å²) in [5, 5.41) is 10.1. The Morgan fingerprint density at radius 1 is 0.889 bits per heavy atom. The highest BCUT2D eigenvalue weighted by Gasteiger charge is 2.13. The first-order valence-electron chi connectivity index (χ1n) is 5.70. The molecule has 0 amide bonds. The Kier molecular flexibility index (Phi) is 3.72. The second-order valence-electron chi connectivity index (χ2n) is 4.28. The molecule has 0 fully saturated rings. The van der Waals surface area contributed by atoms with E-state index in [2.05, 4.69) is 0 Å². The lowest BCUT2D eigenvalue weighted by atomic mass is 9.99. The van der Waals surface area contributed by atoms with E-state index in [0.717, 1.165) is 5.56 Å². The van der Waals surface area contributed by atoms with Crippen molar-refractivity contribution in [2.24, 2.45) is 0 Å². The van der Waals surface area contributed by atoms with Gasteiger partial charge in [0.15, 0.2) is 0 Å². The molecule has 2 aromatic carbocycles. The number of alkyl halides is 2. The van der Waals surface area contributed by atoms with Crippen molar-refractivity contribution in [3.8, 4) is 0 Å². The van der Waals surface area contributed by atoms with Gasteiger partial charge in [0.05, 0.1) is 0 Å². The molecule has 1 N–H and O–H groups in total. The zero-order valence-corrected chi connectivity index (χ0v) is 9.98. The average molecular weight is 248 g/mol. The number of hydrogen-bond donors (Lipinski definition) is 1. The molecule has 0 bridgehead atoms. The predicted molar refractivity (Wildman–Crippen MR) is 66.6 cm³/mol. The summed E-state index contributed by atoms with van der Waals surface area (Å²) in [5.41, 5.74) is 2.20. The molecule has 0 heterocycles. The van der Waals surface area contributed by atoms with Crippen molar-refractivity contribution in [3.05, 3.63) is 70.8 Å². The van der Waals surface area contributed by atoms with Gasteiger partial charge in [-0.25, -0.2) is 8.78 Å².